The Balaban J connectivity index is 1.97. The van der Waals surface area contributed by atoms with Crippen LogP contribution in [0, 0.1) is 11.3 Å². The van der Waals surface area contributed by atoms with Crippen LogP contribution in [-0.4, -0.2) is 14.7 Å². The fourth-order valence-electron chi connectivity index (χ4n) is 3.41. The zero-order valence-electron chi connectivity index (χ0n) is 12.4. The maximum atomic E-state index is 6.22. The van der Waals surface area contributed by atoms with Crippen LogP contribution in [0.3, 0.4) is 0 Å². The van der Waals surface area contributed by atoms with Crippen LogP contribution in [0.5, 0.6) is 0 Å². The van der Waals surface area contributed by atoms with Gasteiger partial charge in [0.05, 0.1) is 20.3 Å². The molecule has 1 saturated carbocycles. The average molecular weight is 272 g/mol. The Morgan fingerprint density at radius 2 is 1.89 bits per heavy atom. The first kappa shape index (κ1) is 13.1. The highest BCUT2D eigenvalue weighted by Gasteiger charge is 2.69. The van der Waals surface area contributed by atoms with E-state index >= 15 is 0 Å². The standard InChI is InChI=1S/C17H24OSi/c1-16(14-8-6-5-7-9-14)17(10-11-19(2,3)4)12-15(17)13-18-16/h5-11,15H,12-13H2,1-4H3/b11-10-/t15?,16?,17-/m0/s1. The van der Waals surface area contributed by atoms with Crippen molar-refractivity contribution in [2.45, 2.75) is 38.6 Å². The van der Waals surface area contributed by atoms with E-state index in [0.29, 0.717) is 0 Å². The SMILES string of the molecule is CC1(c2ccccc2)OCC2C[C@@]21/C=C\[Si](C)(C)C. The number of ether oxygens (including phenoxy) is 1. The second kappa shape index (κ2) is 4.06. The monoisotopic (exact) mass is 272 g/mol. The topological polar surface area (TPSA) is 9.23 Å². The van der Waals surface area contributed by atoms with Crippen molar-refractivity contribution in [1.29, 1.82) is 0 Å². The van der Waals surface area contributed by atoms with Gasteiger partial charge in [-0.2, -0.15) is 0 Å². The van der Waals surface area contributed by atoms with Crippen LogP contribution < -0.4 is 0 Å². The van der Waals surface area contributed by atoms with Crippen molar-refractivity contribution < 1.29 is 4.74 Å². The van der Waals surface area contributed by atoms with Crippen molar-refractivity contribution in [1.82, 2.24) is 0 Å². The Labute approximate surface area is 117 Å². The van der Waals surface area contributed by atoms with Gasteiger partial charge in [0, 0.05) is 5.41 Å². The lowest BCUT2D eigenvalue weighted by Crippen LogP contribution is -2.32. The molecule has 0 amide bonds. The summed E-state index contributed by atoms with van der Waals surface area (Å²) in [6.07, 6.45) is 3.79. The number of benzene rings is 1. The smallest absolute Gasteiger partial charge is 0.0997 e. The van der Waals surface area contributed by atoms with Gasteiger partial charge in [-0.1, -0.05) is 61.7 Å². The van der Waals surface area contributed by atoms with E-state index in [0.717, 1.165) is 12.5 Å². The lowest BCUT2D eigenvalue weighted by molar-refractivity contribution is -0.0317. The second-order valence-corrected chi connectivity index (χ2v) is 12.4. The van der Waals surface area contributed by atoms with Crippen LogP contribution in [0.4, 0.5) is 0 Å². The summed E-state index contributed by atoms with van der Waals surface area (Å²) in [4.78, 5) is 0. The van der Waals surface area contributed by atoms with E-state index < -0.39 is 8.07 Å². The molecule has 0 radical (unpaired) electrons. The third kappa shape index (κ3) is 2.02. The third-order valence-corrected chi connectivity index (χ3v) is 5.99. The van der Waals surface area contributed by atoms with Gasteiger partial charge >= 0.3 is 0 Å². The predicted octanol–water partition coefficient (Wildman–Crippen LogP) is 4.37. The van der Waals surface area contributed by atoms with Gasteiger partial charge in [0.1, 0.15) is 0 Å². The van der Waals surface area contributed by atoms with Crippen LogP contribution in [0.2, 0.25) is 19.6 Å². The first-order valence-corrected chi connectivity index (χ1v) is 10.9. The van der Waals surface area contributed by atoms with Gasteiger partial charge in [-0.3, -0.25) is 0 Å². The Morgan fingerprint density at radius 3 is 2.47 bits per heavy atom. The van der Waals surface area contributed by atoms with E-state index in [1.165, 1.54) is 12.0 Å². The molecule has 2 heteroatoms. The molecule has 1 nitrogen and oxygen atoms in total. The molecule has 0 aromatic heterocycles. The summed E-state index contributed by atoms with van der Waals surface area (Å²) in [5.41, 5.74) is 3.96. The highest BCUT2D eigenvalue weighted by Crippen LogP contribution is 2.70. The molecule has 2 fully saturated rings. The molecule has 1 aliphatic carbocycles. The molecule has 3 rings (SSSR count). The maximum Gasteiger partial charge on any atom is 0.0997 e. The lowest BCUT2D eigenvalue weighted by atomic mass is 9.80. The molecule has 19 heavy (non-hydrogen) atoms. The molecule has 2 aliphatic rings. The van der Waals surface area contributed by atoms with Gasteiger partial charge < -0.3 is 4.74 Å². The minimum absolute atomic E-state index is 0.130. The second-order valence-electron chi connectivity index (χ2n) is 7.35. The van der Waals surface area contributed by atoms with Gasteiger partial charge in [-0.25, -0.2) is 0 Å². The van der Waals surface area contributed by atoms with Crippen LogP contribution in [0.1, 0.15) is 18.9 Å². The molecule has 1 saturated heterocycles. The van der Waals surface area contributed by atoms with E-state index in [-0.39, 0.29) is 11.0 Å². The first-order valence-electron chi connectivity index (χ1n) is 7.27. The third-order valence-electron chi connectivity index (χ3n) is 4.82. The molecular formula is C17H24OSi. The first-order chi connectivity index (χ1) is 8.87. The van der Waals surface area contributed by atoms with Gasteiger partial charge in [0.2, 0.25) is 0 Å². The zero-order valence-corrected chi connectivity index (χ0v) is 13.4. The summed E-state index contributed by atoms with van der Waals surface area (Å²) in [5, 5.41) is 0. The van der Waals surface area contributed by atoms with Gasteiger partial charge in [-0.05, 0) is 24.8 Å². The Morgan fingerprint density at radius 1 is 1.21 bits per heavy atom. The van der Waals surface area contributed by atoms with E-state index in [4.69, 9.17) is 4.74 Å². The molecule has 0 bridgehead atoms. The summed E-state index contributed by atoms with van der Waals surface area (Å²) in [7, 11) is -1.14. The van der Waals surface area contributed by atoms with Crippen molar-refractivity contribution in [3.63, 3.8) is 0 Å². The summed E-state index contributed by atoms with van der Waals surface area (Å²) in [6, 6.07) is 10.7. The molecular weight excluding hydrogens is 248 g/mol. The van der Waals surface area contributed by atoms with Gasteiger partial charge in [0.15, 0.2) is 0 Å². The van der Waals surface area contributed by atoms with E-state index in [1.54, 1.807) is 0 Å². The van der Waals surface area contributed by atoms with E-state index in [9.17, 15) is 0 Å². The Kier molecular flexibility index (Phi) is 2.81. The fraction of sp³-hybridized carbons (Fsp3) is 0.529. The summed E-state index contributed by atoms with van der Waals surface area (Å²) in [5.74, 6) is 0.727. The van der Waals surface area contributed by atoms with E-state index in [1.807, 2.05) is 0 Å². The number of fused-ring (bicyclic) bond motifs is 1. The molecule has 1 aliphatic heterocycles. The quantitative estimate of drug-likeness (QED) is 0.742. The Hall–Kier alpha value is -0.863. The summed E-state index contributed by atoms with van der Waals surface area (Å²) < 4.78 is 6.22. The number of rotatable bonds is 3. The minimum Gasteiger partial charge on any atom is -0.369 e. The average Bonchev–Trinajstić information content (AvgIpc) is 3.03. The van der Waals surface area contributed by atoms with Gasteiger partial charge in [0.25, 0.3) is 0 Å². The van der Waals surface area contributed by atoms with Crippen molar-refractivity contribution in [3.8, 4) is 0 Å². The number of hydrogen-bond donors (Lipinski definition) is 0. The molecule has 1 aromatic carbocycles. The zero-order chi connectivity index (χ0) is 13.7. The van der Waals surface area contributed by atoms with Crippen molar-refractivity contribution >= 4 is 8.07 Å². The molecule has 2 unspecified atom stereocenters. The van der Waals surface area contributed by atoms with Gasteiger partial charge in [-0.15, -0.1) is 0 Å². The molecule has 102 valence electrons. The van der Waals surface area contributed by atoms with Crippen molar-refractivity contribution in [2.24, 2.45) is 11.3 Å². The number of hydrogen-bond acceptors (Lipinski definition) is 1. The van der Waals surface area contributed by atoms with Crippen LogP contribution >= 0.6 is 0 Å². The molecule has 3 atom stereocenters. The van der Waals surface area contributed by atoms with Crippen LogP contribution in [-0.2, 0) is 10.3 Å². The maximum absolute atomic E-state index is 6.22. The van der Waals surface area contributed by atoms with Crippen LogP contribution in [0.15, 0.2) is 42.1 Å². The summed E-state index contributed by atoms with van der Waals surface area (Å²) >= 11 is 0. The van der Waals surface area contributed by atoms with Crippen LogP contribution in [0.25, 0.3) is 0 Å². The molecule has 1 aromatic rings. The molecule has 0 N–H and O–H groups in total. The largest absolute Gasteiger partial charge is 0.369 e. The van der Waals surface area contributed by atoms with Crippen molar-refractivity contribution in [2.75, 3.05) is 6.61 Å². The minimum atomic E-state index is -1.14. The highest BCUT2D eigenvalue weighted by molar-refractivity contribution is 6.80. The fourth-order valence-corrected chi connectivity index (χ4v) is 4.21. The van der Waals surface area contributed by atoms with E-state index in [2.05, 4.69) is 68.7 Å². The molecule has 1 heterocycles. The predicted molar refractivity (Wildman–Crippen MR) is 82.8 cm³/mol. The Bertz CT molecular complexity index is 502. The lowest BCUT2D eigenvalue weighted by Gasteiger charge is -2.33. The summed E-state index contributed by atoms with van der Waals surface area (Å²) in [6.45, 7) is 10.4. The molecule has 0 spiro atoms. The highest BCUT2D eigenvalue weighted by atomic mass is 28.3. The normalized spacial score (nSPS) is 37.6. The van der Waals surface area contributed by atoms with Crippen molar-refractivity contribution in [3.05, 3.63) is 47.7 Å².